The van der Waals surface area contributed by atoms with Gasteiger partial charge in [-0.25, -0.2) is 0 Å². The van der Waals surface area contributed by atoms with Crippen LogP contribution in [0.4, 0.5) is 0 Å². The number of amides is 1. The molecule has 0 spiro atoms. The van der Waals surface area contributed by atoms with Crippen molar-refractivity contribution in [1.29, 1.82) is 0 Å². The van der Waals surface area contributed by atoms with Crippen molar-refractivity contribution < 1.29 is 9.90 Å². The fourth-order valence-corrected chi connectivity index (χ4v) is 3.11. The number of carbonyl (C=O) groups is 1. The molecule has 0 fully saturated rings. The van der Waals surface area contributed by atoms with Gasteiger partial charge in [0.1, 0.15) is 0 Å². The van der Waals surface area contributed by atoms with Gasteiger partial charge in [-0.3, -0.25) is 4.79 Å². The van der Waals surface area contributed by atoms with E-state index in [1.807, 2.05) is 55.5 Å². The van der Waals surface area contributed by atoms with E-state index >= 15 is 0 Å². The molecule has 124 valence electrons. The first-order valence-corrected chi connectivity index (χ1v) is 8.28. The Labute approximate surface area is 142 Å². The molecule has 1 heterocycles. The molecule has 4 heteroatoms. The van der Waals surface area contributed by atoms with Gasteiger partial charge in [0.05, 0.1) is 0 Å². The highest BCUT2D eigenvalue weighted by Gasteiger charge is 2.44. The first kappa shape index (κ1) is 16.4. The summed E-state index contributed by atoms with van der Waals surface area (Å²) in [4.78, 5) is 12.6. The van der Waals surface area contributed by atoms with Crippen LogP contribution in [0.1, 0.15) is 37.3 Å². The standard InChI is InChI=1S/C20H22N2O2/c1-16-15-20(24,18-12-6-3-7-13-18)22(21-16)19(23)14-8-11-17-9-4-2-5-10-17/h2-7,9-10,12-13,24H,8,11,14-15H2,1H3. The SMILES string of the molecule is CC1=NN(C(=O)CCCc2ccccc2)C(O)(c2ccccc2)C1. The van der Waals surface area contributed by atoms with Gasteiger partial charge < -0.3 is 5.11 Å². The highest BCUT2D eigenvalue weighted by molar-refractivity contribution is 5.89. The summed E-state index contributed by atoms with van der Waals surface area (Å²) in [5.41, 5.74) is 1.30. The second kappa shape index (κ2) is 6.97. The number of hydrogen-bond acceptors (Lipinski definition) is 3. The van der Waals surface area contributed by atoms with Gasteiger partial charge >= 0.3 is 0 Å². The van der Waals surface area contributed by atoms with Crippen LogP contribution in [0.2, 0.25) is 0 Å². The first-order chi connectivity index (χ1) is 11.6. The second-order valence-corrected chi connectivity index (χ2v) is 6.24. The van der Waals surface area contributed by atoms with Crippen LogP contribution in [-0.4, -0.2) is 21.7 Å². The first-order valence-electron chi connectivity index (χ1n) is 8.28. The Morgan fingerprint density at radius 2 is 1.75 bits per heavy atom. The van der Waals surface area contributed by atoms with Crippen LogP contribution >= 0.6 is 0 Å². The number of carbonyl (C=O) groups excluding carboxylic acids is 1. The third kappa shape index (κ3) is 3.39. The van der Waals surface area contributed by atoms with Crippen LogP contribution in [0.25, 0.3) is 0 Å². The monoisotopic (exact) mass is 322 g/mol. The molecule has 0 aromatic heterocycles. The molecule has 1 atom stereocenters. The average molecular weight is 322 g/mol. The summed E-state index contributed by atoms with van der Waals surface area (Å²) < 4.78 is 0. The van der Waals surface area contributed by atoms with Crippen LogP contribution in [0, 0.1) is 0 Å². The third-order valence-corrected chi connectivity index (χ3v) is 4.29. The molecule has 0 saturated carbocycles. The molecule has 1 aliphatic rings. The van der Waals surface area contributed by atoms with Crippen molar-refractivity contribution in [2.45, 2.75) is 38.3 Å². The Balaban J connectivity index is 1.68. The summed E-state index contributed by atoms with van der Waals surface area (Å²) in [5.74, 6) is -0.144. The summed E-state index contributed by atoms with van der Waals surface area (Å²) in [5, 5.41) is 16.6. The minimum atomic E-state index is -1.37. The van der Waals surface area contributed by atoms with Crippen molar-refractivity contribution in [3.63, 3.8) is 0 Å². The number of nitrogens with zero attached hydrogens (tertiary/aromatic N) is 2. The Morgan fingerprint density at radius 1 is 1.12 bits per heavy atom. The largest absolute Gasteiger partial charge is 0.365 e. The van der Waals surface area contributed by atoms with Crippen molar-refractivity contribution >= 4 is 11.6 Å². The summed E-state index contributed by atoms with van der Waals surface area (Å²) in [6, 6.07) is 19.4. The molecule has 0 aliphatic carbocycles. The van der Waals surface area contributed by atoms with Gasteiger partial charge in [-0.1, -0.05) is 60.7 Å². The van der Waals surface area contributed by atoms with E-state index in [2.05, 4.69) is 17.2 Å². The second-order valence-electron chi connectivity index (χ2n) is 6.24. The highest BCUT2D eigenvalue weighted by atomic mass is 16.3. The quantitative estimate of drug-likeness (QED) is 0.916. The fourth-order valence-electron chi connectivity index (χ4n) is 3.11. The van der Waals surface area contributed by atoms with E-state index in [1.54, 1.807) is 0 Å². The van der Waals surface area contributed by atoms with E-state index in [4.69, 9.17) is 0 Å². The van der Waals surface area contributed by atoms with Crippen LogP contribution in [-0.2, 0) is 16.9 Å². The molecule has 1 amide bonds. The Morgan fingerprint density at radius 3 is 2.42 bits per heavy atom. The van der Waals surface area contributed by atoms with Gasteiger partial charge in [-0.2, -0.15) is 10.1 Å². The van der Waals surface area contributed by atoms with Gasteiger partial charge in [0.15, 0.2) is 5.72 Å². The lowest BCUT2D eigenvalue weighted by Gasteiger charge is -2.31. The minimum absolute atomic E-state index is 0.144. The van der Waals surface area contributed by atoms with Crippen molar-refractivity contribution in [3.05, 3.63) is 71.8 Å². The zero-order valence-corrected chi connectivity index (χ0v) is 13.9. The van der Waals surface area contributed by atoms with E-state index in [9.17, 15) is 9.90 Å². The molecule has 1 aliphatic heterocycles. The molecule has 2 aromatic carbocycles. The minimum Gasteiger partial charge on any atom is -0.365 e. The number of benzene rings is 2. The van der Waals surface area contributed by atoms with Gasteiger partial charge in [0.2, 0.25) is 5.91 Å². The molecule has 2 aromatic rings. The topological polar surface area (TPSA) is 52.9 Å². The van der Waals surface area contributed by atoms with Crippen LogP contribution in [0.5, 0.6) is 0 Å². The van der Waals surface area contributed by atoms with Crippen LogP contribution in [0.3, 0.4) is 0 Å². The number of hydrazone groups is 1. The molecule has 3 rings (SSSR count). The van der Waals surface area contributed by atoms with Gasteiger partial charge in [-0.05, 0) is 25.3 Å². The zero-order valence-electron chi connectivity index (χ0n) is 13.9. The number of hydrogen-bond donors (Lipinski definition) is 1. The Hall–Kier alpha value is -2.46. The molecule has 0 radical (unpaired) electrons. The Kier molecular flexibility index (Phi) is 4.76. The number of aliphatic hydroxyl groups is 1. The predicted molar refractivity (Wildman–Crippen MR) is 94.3 cm³/mol. The Bertz CT molecular complexity index is 728. The lowest BCUT2D eigenvalue weighted by atomic mass is 9.97. The van der Waals surface area contributed by atoms with E-state index in [-0.39, 0.29) is 5.91 Å². The number of rotatable bonds is 5. The van der Waals surface area contributed by atoms with Crippen LogP contribution in [0.15, 0.2) is 65.8 Å². The molecular weight excluding hydrogens is 300 g/mol. The molecular formula is C20H22N2O2. The van der Waals surface area contributed by atoms with Crippen molar-refractivity contribution in [1.82, 2.24) is 5.01 Å². The normalized spacial score (nSPS) is 20.1. The van der Waals surface area contributed by atoms with Crippen molar-refractivity contribution in [2.24, 2.45) is 5.10 Å². The fraction of sp³-hybridized carbons (Fsp3) is 0.300. The highest BCUT2D eigenvalue weighted by Crippen LogP contribution is 2.35. The van der Waals surface area contributed by atoms with Crippen molar-refractivity contribution in [3.8, 4) is 0 Å². The molecule has 0 saturated heterocycles. The predicted octanol–water partition coefficient (Wildman–Crippen LogP) is 3.46. The maximum Gasteiger partial charge on any atom is 0.245 e. The summed E-state index contributed by atoms with van der Waals surface area (Å²) in [6.45, 7) is 1.84. The molecule has 1 N–H and O–H groups in total. The van der Waals surface area contributed by atoms with Gasteiger partial charge in [0.25, 0.3) is 0 Å². The lowest BCUT2D eigenvalue weighted by molar-refractivity contribution is -0.157. The van der Waals surface area contributed by atoms with E-state index < -0.39 is 5.72 Å². The molecule has 0 bridgehead atoms. The van der Waals surface area contributed by atoms with Crippen LogP contribution < -0.4 is 0 Å². The average Bonchev–Trinajstić information content (AvgIpc) is 2.92. The number of aryl methyl sites for hydroxylation is 1. The third-order valence-electron chi connectivity index (χ3n) is 4.29. The van der Waals surface area contributed by atoms with Gasteiger partial charge in [-0.15, -0.1) is 0 Å². The summed E-state index contributed by atoms with van der Waals surface area (Å²) in [7, 11) is 0. The maximum absolute atomic E-state index is 12.6. The van der Waals surface area contributed by atoms with Crippen molar-refractivity contribution in [2.75, 3.05) is 0 Å². The molecule has 1 unspecified atom stereocenters. The smallest absolute Gasteiger partial charge is 0.245 e. The zero-order chi connectivity index (χ0) is 17.0. The summed E-state index contributed by atoms with van der Waals surface area (Å²) >= 11 is 0. The van der Waals surface area contributed by atoms with E-state index in [0.29, 0.717) is 18.4 Å². The van der Waals surface area contributed by atoms with Gasteiger partial charge in [0, 0.05) is 24.1 Å². The lowest BCUT2D eigenvalue weighted by Crippen LogP contribution is -2.43. The molecule has 4 nitrogen and oxygen atoms in total. The summed E-state index contributed by atoms with van der Waals surface area (Å²) in [6.07, 6.45) is 2.29. The molecule has 24 heavy (non-hydrogen) atoms. The van der Waals surface area contributed by atoms with E-state index in [1.165, 1.54) is 10.6 Å². The van der Waals surface area contributed by atoms with E-state index in [0.717, 1.165) is 18.6 Å². The maximum atomic E-state index is 12.6.